The van der Waals surface area contributed by atoms with Gasteiger partial charge in [-0.1, -0.05) is 12.1 Å². The minimum Gasteiger partial charge on any atom is -0.508 e. The van der Waals surface area contributed by atoms with Crippen LogP contribution in [0.2, 0.25) is 0 Å². The molecule has 13 heteroatoms. The summed E-state index contributed by atoms with van der Waals surface area (Å²) in [5, 5.41) is 70.6. The topological polar surface area (TPSA) is 217 Å². The first-order chi connectivity index (χ1) is 20.5. The Morgan fingerprint density at radius 1 is 0.837 bits per heavy atom. The Morgan fingerprint density at radius 2 is 1.49 bits per heavy atom. The molecule has 4 aromatic rings. The van der Waals surface area contributed by atoms with Crippen LogP contribution in [0.15, 0.2) is 76.0 Å². The molecule has 0 amide bonds. The number of rotatable bonds is 7. The average Bonchev–Trinajstić information content (AvgIpc) is 2.97. The van der Waals surface area contributed by atoms with Crippen LogP contribution in [0.3, 0.4) is 0 Å². The first-order valence-electron chi connectivity index (χ1n) is 12.8. The summed E-state index contributed by atoms with van der Waals surface area (Å²) >= 11 is 0. The summed E-state index contributed by atoms with van der Waals surface area (Å²) in [6, 6.07) is 13.4. The van der Waals surface area contributed by atoms with E-state index in [9.17, 15) is 45.3 Å². The Bertz CT molecular complexity index is 1710. The molecule has 224 valence electrons. The van der Waals surface area contributed by atoms with Crippen molar-refractivity contribution in [3.05, 3.63) is 82.5 Å². The number of carbonyl (C=O) groups is 1. The second kappa shape index (κ2) is 12.0. The highest BCUT2D eigenvalue weighted by Gasteiger charge is 2.46. The first kappa shape index (κ1) is 29.4. The highest BCUT2D eigenvalue weighted by atomic mass is 16.7. The summed E-state index contributed by atoms with van der Waals surface area (Å²) in [6.45, 7) is -0.583. The molecule has 2 heterocycles. The lowest BCUT2D eigenvalue weighted by Crippen LogP contribution is -2.60. The van der Waals surface area contributed by atoms with Crippen molar-refractivity contribution >= 4 is 23.0 Å². The summed E-state index contributed by atoms with van der Waals surface area (Å²) < 4.78 is 22.2. The number of esters is 1. The molecule has 5 atom stereocenters. The summed E-state index contributed by atoms with van der Waals surface area (Å²) in [5.74, 6) is -2.70. The number of hydrogen-bond donors (Lipinski definition) is 7. The van der Waals surface area contributed by atoms with Crippen LogP contribution in [0.25, 0.3) is 28.4 Å². The fourth-order valence-corrected chi connectivity index (χ4v) is 4.41. The molecule has 3 aromatic carbocycles. The minimum atomic E-state index is -1.90. The Hall–Kier alpha value is -5.08. The average molecular weight is 595 g/mol. The predicted octanol–water partition coefficient (Wildman–Crippen LogP) is 1.73. The maximum Gasteiger partial charge on any atom is 0.330 e. The Morgan fingerprint density at radius 3 is 2.16 bits per heavy atom. The lowest BCUT2D eigenvalue weighted by molar-refractivity contribution is -0.278. The van der Waals surface area contributed by atoms with E-state index in [1.807, 2.05) is 0 Å². The van der Waals surface area contributed by atoms with Gasteiger partial charge < -0.3 is 54.4 Å². The number of aliphatic hydroxyl groups is 3. The van der Waals surface area contributed by atoms with Crippen LogP contribution in [0.4, 0.5) is 0 Å². The number of phenolic OH excluding ortho intramolecular Hbond substituents is 4. The van der Waals surface area contributed by atoms with Gasteiger partial charge in [0.1, 0.15) is 65.0 Å². The fraction of sp³-hybridized carbons (Fsp3) is 0.200. The van der Waals surface area contributed by atoms with Gasteiger partial charge in [-0.25, -0.2) is 4.79 Å². The number of ether oxygens (including phenoxy) is 3. The molecule has 1 aromatic heterocycles. The van der Waals surface area contributed by atoms with E-state index in [-0.39, 0.29) is 33.8 Å². The molecule has 0 saturated carbocycles. The van der Waals surface area contributed by atoms with Crippen molar-refractivity contribution in [2.24, 2.45) is 0 Å². The molecule has 0 radical (unpaired) electrons. The van der Waals surface area contributed by atoms with Gasteiger partial charge in [0.25, 0.3) is 0 Å². The normalized spacial score (nSPS) is 22.1. The summed E-state index contributed by atoms with van der Waals surface area (Å²) in [6.07, 6.45) is -6.17. The molecular formula is C30H26O13. The van der Waals surface area contributed by atoms with Crippen molar-refractivity contribution < 1.29 is 59.2 Å². The van der Waals surface area contributed by atoms with Crippen molar-refractivity contribution in [2.45, 2.75) is 30.7 Å². The monoisotopic (exact) mass is 594 g/mol. The summed E-state index contributed by atoms with van der Waals surface area (Å²) in [5.41, 5.74) is -0.328. The number of phenols is 4. The van der Waals surface area contributed by atoms with Gasteiger partial charge in [0.15, 0.2) is 5.76 Å². The smallest absolute Gasteiger partial charge is 0.330 e. The summed E-state index contributed by atoms with van der Waals surface area (Å²) in [4.78, 5) is 25.8. The highest BCUT2D eigenvalue weighted by Crippen LogP contribution is 2.37. The van der Waals surface area contributed by atoms with E-state index >= 15 is 0 Å². The zero-order valence-corrected chi connectivity index (χ0v) is 22.1. The summed E-state index contributed by atoms with van der Waals surface area (Å²) in [7, 11) is 0. The molecule has 5 rings (SSSR count). The minimum absolute atomic E-state index is 0.0495. The van der Waals surface area contributed by atoms with Gasteiger partial charge in [-0.2, -0.15) is 0 Å². The van der Waals surface area contributed by atoms with E-state index in [1.165, 1.54) is 42.5 Å². The van der Waals surface area contributed by atoms with E-state index in [0.29, 0.717) is 5.56 Å². The second-order valence-electron chi connectivity index (χ2n) is 9.66. The SMILES string of the molecule is O=C(/C=C/c1ccc(O)cc1)OC[C@H]1O[C@@H](Oc2c(-c3ccc(O)cc3)oc3cc(O)cc(O)c3c2=O)[C@H](O)[C@H](O)[C@H]1O. The van der Waals surface area contributed by atoms with E-state index < -0.39 is 66.0 Å². The van der Waals surface area contributed by atoms with Crippen LogP contribution >= 0.6 is 0 Å². The van der Waals surface area contributed by atoms with Crippen LogP contribution in [0.5, 0.6) is 28.7 Å². The number of carbonyl (C=O) groups excluding carboxylic acids is 1. The maximum atomic E-state index is 13.5. The number of benzene rings is 3. The predicted molar refractivity (Wildman–Crippen MR) is 148 cm³/mol. The number of hydrogen-bond acceptors (Lipinski definition) is 13. The molecule has 43 heavy (non-hydrogen) atoms. The fourth-order valence-electron chi connectivity index (χ4n) is 4.41. The van der Waals surface area contributed by atoms with Gasteiger partial charge >= 0.3 is 5.97 Å². The molecule has 0 spiro atoms. The van der Waals surface area contributed by atoms with Gasteiger partial charge in [-0.3, -0.25) is 4.79 Å². The third-order valence-electron chi connectivity index (χ3n) is 6.64. The second-order valence-corrected chi connectivity index (χ2v) is 9.66. The maximum absolute atomic E-state index is 13.5. The number of aliphatic hydroxyl groups excluding tert-OH is 3. The lowest BCUT2D eigenvalue weighted by atomic mass is 9.99. The zero-order valence-electron chi connectivity index (χ0n) is 22.1. The standard InChI is InChI=1S/C30H26O13/c31-16-6-1-14(2-7-16)3-10-22(35)40-13-21-24(36)26(38)27(39)30(42-21)43-29-25(37)23-19(34)11-18(33)12-20(23)41-28(29)15-4-8-17(32)9-5-15/h1-12,21,24,26-27,30-34,36,38-39H,13H2/b10-3+/t21-,24+,26-,27-,30+/m1/s1. The van der Waals surface area contributed by atoms with Gasteiger partial charge in [0.05, 0.1) is 0 Å². The Labute approximate surface area is 242 Å². The molecular weight excluding hydrogens is 568 g/mol. The van der Waals surface area contributed by atoms with Gasteiger partial charge in [0, 0.05) is 23.8 Å². The molecule has 1 fully saturated rings. The van der Waals surface area contributed by atoms with E-state index in [2.05, 4.69) is 0 Å². The molecule has 1 aliphatic heterocycles. The van der Waals surface area contributed by atoms with Crippen LogP contribution in [0.1, 0.15) is 5.56 Å². The zero-order chi connectivity index (χ0) is 30.8. The quantitative estimate of drug-likeness (QED) is 0.120. The third-order valence-corrected chi connectivity index (χ3v) is 6.64. The van der Waals surface area contributed by atoms with Crippen molar-refractivity contribution in [1.82, 2.24) is 0 Å². The van der Waals surface area contributed by atoms with E-state index in [4.69, 9.17) is 18.6 Å². The van der Waals surface area contributed by atoms with Crippen LogP contribution in [-0.4, -0.2) is 79.0 Å². The molecule has 1 aliphatic rings. The van der Waals surface area contributed by atoms with Gasteiger partial charge in [-0.05, 0) is 48.0 Å². The number of aromatic hydroxyl groups is 4. The van der Waals surface area contributed by atoms with Crippen molar-refractivity contribution in [1.29, 1.82) is 0 Å². The molecule has 0 bridgehead atoms. The van der Waals surface area contributed by atoms with Crippen LogP contribution in [0, 0.1) is 0 Å². The number of fused-ring (bicyclic) bond motifs is 1. The first-order valence-corrected chi connectivity index (χ1v) is 12.8. The lowest BCUT2D eigenvalue weighted by Gasteiger charge is -2.39. The largest absolute Gasteiger partial charge is 0.508 e. The van der Waals surface area contributed by atoms with Gasteiger partial charge in [-0.15, -0.1) is 0 Å². The third kappa shape index (κ3) is 6.24. The molecule has 0 unspecified atom stereocenters. The molecule has 0 aliphatic carbocycles. The van der Waals surface area contributed by atoms with Crippen LogP contribution < -0.4 is 10.2 Å². The Balaban J connectivity index is 1.42. The molecule has 7 N–H and O–H groups in total. The molecule has 13 nitrogen and oxygen atoms in total. The van der Waals surface area contributed by atoms with Gasteiger partial charge in [0.2, 0.25) is 17.5 Å². The van der Waals surface area contributed by atoms with E-state index in [1.54, 1.807) is 12.1 Å². The van der Waals surface area contributed by atoms with Crippen molar-refractivity contribution in [3.63, 3.8) is 0 Å². The van der Waals surface area contributed by atoms with Crippen molar-refractivity contribution in [3.8, 4) is 40.1 Å². The van der Waals surface area contributed by atoms with Crippen molar-refractivity contribution in [2.75, 3.05) is 6.61 Å². The molecule has 1 saturated heterocycles. The Kier molecular flexibility index (Phi) is 8.23. The van der Waals surface area contributed by atoms with Crippen LogP contribution in [-0.2, 0) is 14.3 Å². The van der Waals surface area contributed by atoms with E-state index in [0.717, 1.165) is 18.2 Å². The highest BCUT2D eigenvalue weighted by molar-refractivity contribution is 5.88.